The van der Waals surface area contributed by atoms with Gasteiger partial charge in [-0.15, -0.1) is 0 Å². The van der Waals surface area contributed by atoms with Crippen molar-refractivity contribution in [2.45, 2.75) is 20.0 Å². The van der Waals surface area contributed by atoms with E-state index in [9.17, 15) is 4.79 Å². The van der Waals surface area contributed by atoms with Gasteiger partial charge < -0.3 is 20.2 Å². The number of amides is 1. The number of aromatic nitrogens is 3. The summed E-state index contributed by atoms with van der Waals surface area (Å²) >= 11 is 0. The minimum absolute atomic E-state index is 0.00488. The first-order valence-electron chi connectivity index (χ1n) is 7.60. The van der Waals surface area contributed by atoms with Crippen molar-refractivity contribution < 1.29 is 14.3 Å². The fourth-order valence-electron chi connectivity index (χ4n) is 2.41. The summed E-state index contributed by atoms with van der Waals surface area (Å²) in [5, 5.41) is 8.56. The number of hydrogen-bond acceptors (Lipinski definition) is 6. The third-order valence-electron chi connectivity index (χ3n) is 3.39. The number of primary amides is 1. The average molecular weight is 339 g/mol. The highest BCUT2D eigenvalue weighted by Gasteiger charge is 2.14. The third-order valence-corrected chi connectivity index (χ3v) is 3.39. The first-order chi connectivity index (χ1) is 11.9. The van der Waals surface area contributed by atoms with Crippen LogP contribution in [0.5, 0.6) is 5.88 Å². The Morgan fingerprint density at radius 2 is 2.12 bits per heavy atom. The molecule has 0 saturated carbocycles. The number of nitrogens with two attached hydrogens (primary N) is 1. The molecule has 8 nitrogen and oxygen atoms in total. The number of rotatable bonds is 4. The van der Waals surface area contributed by atoms with Crippen molar-refractivity contribution in [3.05, 3.63) is 42.4 Å². The summed E-state index contributed by atoms with van der Waals surface area (Å²) in [7, 11) is 0. The molecule has 3 aromatic rings. The second-order valence-electron chi connectivity index (χ2n) is 5.62. The minimum Gasteiger partial charge on any atom is -0.474 e. The van der Waals surface area contributed by atoms with E-state index in [-0.39, 0.29) is 12.0 Å². The van der Waals surface area contributed by atoms with E-state index in [0.29, 0.717) is 22.5 Å². The molecule has 0 aliphatic heterocycles. The topological polar surface area (TPSA) is 127 Å². The third kappa shape index (κ3) is 3.57. The van der Waals surface area contributed by atoms with Gasteiger partial charge in [0.15, 0.2) is 0 Å². The standard InChI is InChI=1S/C17H17N5O3/c1-9(2)24-15-8-20-7-14(22-15)10-3-4-13-11(5-10)12(6-21-13)16(18)25-17(19)23/h3-9,18,21H,1-2H3,(H2,19,23). The van der Waals surface area contributed by atoms with Gasteiger partial charge in [-0.2, -0.15) is 0 Å². The van der Waals surface area contributed by atoms with Gasteiger partial charge in [-0.3, -0.25) is 10.4 Å². The van der Waals surface area contributed by atoms with E-state index in [1.807, 2.05) is 32.0 Å². The highest BCUT2D eigenvalue weighted by atomic mass is 16.6. The first-order valence-corrected chi connectivity index (χ1v) is 7.60. The lowest BCUT2D eigenvalue weighted by molar-refractivity contribution is 0.208. The summed E-state index contributed by atoms with van der Waals surface area (Å²) in [6.45, 7) is 3.83. The molecule has 0 saturated heterocycles. The van der Waals surface area contributed by atoms with Crippen molar-refractivity contribution in [1.82, 2.24) is 15.0 Å². The SMILES string of the molecule is CC(C)Oc1cncc(-c2ccc3[nH]cc(C(=N)OC(N)=O)c3c2)n1. The molecular formula is C17H17N5O3. The molecule has 2 aromatic heterocycles. The average Bonchev–Trinajstić information content (AvgIpc) is 2.97. The Balaban J connectivity index is 2.01. The van der Waals surface area contributed by atoms with Crippen LogP contribution < -0.4 is 10.5 Å². The van der Waals surface area contributed by atoms with Crippen LogP contribution in [-0.4, -0.2) is 33.0 Å². The van der Waals surface area contributed by atoms with Crippen molar-refractivity contribution in [3.8, 4) is 17.1 Å². The van der Waals surface area contributed by atoms with E-state index in [1.54, 1.807) is 18.6 Å². The highest BCUT2D eigenvalue weighted by molar-refractivity contribution is 6.08. The summed E-state index contributed by atoms with van der Waals surface area (Å²) < 4.78 is 10.2. The first kappa shape index (κ1) is 16.4. The largest absolute Gasteiger partial charge is 0.474 e. The van der Waals surface area contributed by atoms with Crippen LogP contribution in [-0.2, 0) is 4.74 Å². The van der Waals surface area contributed by atoms with Crippen LogP contribution >= 0.6 is 0 Å². The Labute approximate surface area is 143 Å². The number of fused-ring (bicyclic) bond motifs is 1. The van der Waals surface area contributed by atoms with E-state index in [4.69, 9.17) is 15.9 Å². The van der Waals surface area contributed by atoms with Gasteiger partial charge in [0.05, 0.1) is 29.8 Å². The number of nitrogens with one attached hydrogen (secondary N) is 2. The summed E-state index contributed by atoms with van der Waals surface area (Å²) in [5.74, 6) is 0.116. The predicted octanol–water partition coefficient (Wildman–Crippen LogP) is 2.83. The molecule has 25 heavy (non-hydrogen) atoms. The molecule has 8 heteroatoms. The molecule has 1 amide bonds. The smallest absolute Gasteiger partial charge is 0.411 e. The quantitative estimate of drug-likeness (QED) is 0.497. The van der Waals surface area contributed by atoms with E-state index in [2.05, 4.69) is 19.7 Å². The van der Waals surface area contributed by atoms with Crippen molar-refractivity contribution in [1.29, 1.82) is 5.41 Å². The fourth-order valence-corrected chi connectivity index (χ4v) is 2.41. The Kier molecular flexibility index (Phi) is 4.34. The number of ether oxygens (including phenoxy) is 2. The van der Waals surface area contributed by atoms with Gasteiger partial charge in [0.2, 0.25) is 11.8 Å². The number of nitrogens with zero attached hydrogens (tertiary/aromatic N) is 2. The molecule has 0 atom stereocenters. The number of carbonyl (C=O) groups is 1. The lowest BCUT2D eigenvalue weighted by Gasteiger charge is -2.09. The van der Waals surface area contributed by atoms with Gasteiger partial charge in [0, 0.05) is 22.7 Å². The lowest BCUT2D eigenvalue weighted by Crippen LogP contribution is -2.18. The normalized spacial score (nSPS) is 10.8. The van der Waals surface area contributed by atoms with Crippen LogP contribution in [0.25, 0.3) is 22.2 Å². The predicted molar refractivity (Wildman–Crippen MR) is 92.6 cm³/mol. The van der Waals surface area contributed by atoms with Crippen molar-refractivity contribution in [2.24, 2.45) is 5.73 Å². The van der Waals surface area contributed by atoms with Gasteiger partial charge in [-0.25, -0.2) is 9.78 Å². The number of benzene rings is 1. The van der Waals surface area contributed by atoms with Gasteiger partial charge in [0.25, 0.3) is 0 Å². The molecule has 0 aliphatic rings. The zero-order valence-corrected chi connectivity index (χ0v) is 13.7. The molecule has 0 aliphatic carbocycles. The lowest BCUT2D eigenvalue weighted by atomic mass is 10.1. The summed E-state index contributed by atoms with van der Waals surface area (Å²) in [6.07, 6.45) is 3.74. The fraction of sp³-hybridized carbons (Fsp3) is 0.176. The molecule has 1 aromatic carbocycles. The van der Waals surface area contributed by atoms with E-state index in [1.165, 1.54) is 0 Å². The Bertz CT molecular complexity index is 948. The van der Waals surface area contributed by atoms with Crippen LogP contribution in [0.1, 0.15) is 19.4 Å². The molecule has 0 bridgehead atoms. The molecule has 3 rings (SSSR count). The van der Waals surface area contributed by atoms with Crippen LogP contribution in [0.2, 0.25) is 0 Å². The highest BCUT2D eigenvalue weighted by Crippen LogP contribution is 2.26. The second kappa shape index (κ2) is 6.60. The molecular weight excluding hydrogens is 322 g/mol. The summed E-state index contributed by atoms with van der Waals surface area (Å²) in [5.41, 5.74) is 7.62. The molecule has 2 heterocycles. The maximum absolute atomic E-state index is 10.9. The van der Waals surface area contributed by atoms with E-state index >= 15 is 0 Å². The minimum atomic E-state index is -1.03. The summed E-state index contributed by atoms with van der Waals surface area (Å²) in [4.78, 5) is 22.5. The van der Waals surface area contributed by atoms with Crippen molar-refractivity contribution in [3.63, 3.8) is 0 Å². The number of aromatic amines is 1. The van der Waals surface area contributed by atoms with Gasteiger partial charge in [-0.1, -0.05) is 6.07 Å². The molecule has 0 radical (unpaired) electrons. The van der Waals surface area contributed by atoms with Crippen LogP contribution in [0.3, 0.4) is 0 Å². The molecule has 0 spiro atoms. The zero-order chi connectivity index (χ0) is 18.0. The monoisotopic (exact) mass is 339 g/mol. The van der Waals surface area contributed by atoms with Crippen LogP contribution in [0, 0.1) is 5.41 Å². The molecule has 4 N–H and O–H groups in total. The molecule has 0 fully saturated rings. The van der Waals surface area contributed by atoms with Crippen molar-refractivity contribution >= 4 is 22.9 Å². The zero-order valence-electron chi connectivity index (χ0n) is 13.7. The van der Waals surface area contributed by atoms with Crippen LogP contribution in [0.15, 0.2) is 36.8 Å². The molecule has 128 valence electrons. The van der Waals surface area contributed by atoms with Gasteiger partial charge >= 0.3 is 6.09 Å². The Morgan fingerprint density at radius 1 is 1.32 bits per heavy atom. The number of H-pyrrole nitrogens is 1. The van der Waals surface area contributed by atoms with Crippen LogP contribution in [0.4, 0.5) is 4.79 Å². The Hall–Kier alpha value is -3.42. The Morgan fingerprint density at radius 3 is 2.84 bits per heavy atom. The number of carbonyl (C=O) groups excluding carboxylic acids is 1. The number of hydrogen-bond donors (Lipinski definition) is 3. The van der Waals surface area contributed by atoms with E-state index < -0.39 is 6.09 Å². The van der Waals surface area contributed by atoms with Gasteiger partial charge in [0.1, 0.15) is 0 Å². The maximum Gasteiger partial charge on any atom is 0.411 e. The van der Waals surface area contributed by atoms with Gasteiger partial charge in [-0.05, 0) is 26.0 Å². The summed E-state index contributed by atoms with van der Waals surface area (Å²) in [6, 6.07) is 5.57. The van der Waals surface area contributed by atoms with E-state index in [0.717, 1.165) is 11.1 Å². The second-order valence-corrected chi connectivity index (χ2v) is 5.62. The molecule has 0 unspecified atom stereocenters. The maximum atomic E-state index is 10.9. The van der Waals surface area contributed by atoms with Crippen molar-refractivity contribution in [2.75, 3.05) is 0 Å².